The zero-order valence-electron chi connectivity index (χ0n) is 17.9. The molecule has 0 spiro atoms. The van der Waals surface area contributed by atoms with E-state index in [1.807, 2.05) is 38.1 Å². The molecule has 3 aromatic carbocycles. The Morgan fingerprint density at radius 3 is 1.91 bits per heavy atom. The molecule has 0 amide bonds. The smallest absolute Gasteiger partial charge is 0.265 e. The normalized spacial score (nSPS) is 17.1. The molecule has 0 bridgehead atoms. The molecule has 0 fully saturated rings. The average molecular weight is 472 g/mol. The van der Waals surface area contributed by atoms with Crippen LogP contribution in [0.2, 0.25) is 0 Å². The van der Waals surface area contributed by atoms with Gasteiger partial charge in [0.2, 0.25) is 10.0 Å². The number of nitrogens with zero attached hydrogens (tertiary/aromatic N) is 1. The first-order chi connectivity index (χ1) is 15.2. The number of hydrogen-bond acceptors (Lipinski definition) is 5. The fourth-order valence-corrected chi connectivity index (χ4v) is 6.30. The lowest BCUT2D eigenvalue weighted by Gasteiger charge is -2.35. The van der Waals surface area contributed by atoms with Gasteiger partial charge in [0.15, 0.2) is 0 Å². The number of sulfonamides is 1. The van der Waals surface area contributed by atoms with Crippen LogP contribution >= 0.6 is 0 Å². The topological polar surface area (TPSA) is 80.8 Å². The van der Waals surface area contributed by atoms with Gasteiger partial charge in [0.05, 0.1) is 22.4 Å². The Morgan fingerprint density at radius 1 is 0.781 bits per heavy atom. The lowest BCUT2D eigenvalue weighted by molar-refractivity contribution is 0.193. The zero-order valence-corrected chi connectivity index (χ0v) is 19.6. The van der Waals surface area contributed by atoms with E-state index in [0.717, 1.165) is 22.3 Å². The summed E-state index contributed by atoms with van der Waals surface area (Å²) in [5, 5.41) is 0. The van der Waals surface area contributed by atoms with Gasteiger partial charge >= 0.3 is 0 Å². The molecule has 0 saturated carbocycles. The SMILES string of the molecule is Cc1ccc(S(=O)(=O)OC[C@@H]2Cc3ccccc3CN2S(=O)(=O)c2ccc(C)cc2)cc1. The third-order valence-corrected chi connectivity index (χ3v) is 8.87. The third-order valence-electron chi connectivity index (χ3n) is 5.66. The van der Waals surface area contributed by atoms with Crippen LogP contribution in [0.25, 0.3) is 0 Å². The molecular weight excluding hydrogens is 446 g/mol. The quantitative estimate of drug-likeness (QED) is 0.511. The highest BCUT2D eigenvalue weighted by Gasteiger charge is 2.36. The summed E-state index contributed by atoms with van der Waals surface area (Å²) in [4.78, 5) is 0.223. The van der Waals surface area contributed by atoms with Crippen molar-refractivity contribution in [1.29, 1.82) is 0 Å². The predicted octanol–water partition coefficient (Wildman–Crippen LogP) is 3.82. The summed E-state index contributed by atoms with van der Waals surface area (Å²) in [6.07, 6.45) is 0.366. The Balaban J connectivity index is 1.64. The number of hydrogen-bond donors (Lipinski definition) is 0. The van der Waals surface area contributed by atoms with E-state index in [0.29, 0.717) is 6.42 Å². The van der Waals surface area contributed by atoms with Gasteiger partial charge in [0.25, 0.3) is 10.1 Å². The fraction of sp³-hybridized carbons (Fsp3) is 0.250. The second-order valence-corrected chi connectivity index (χ2v) is 11.5. The maximum Gasteiger partial charge on any atom is 0.297 e. The molecule has 4 rings (SSSR count). The summed E-state index contributed by atoms with van der Waals surface area (Å²) >= 11 is 0. The molecule has 0 N–H and O–H groups in total. The molecule has 0 unspecified atom stereocenters. The molecule has 8 heteroatoms. The molecule has 1 heterocycles. The highest BCUT2D eigenvalue weighted by Crippen LogP contribution is 2.30. The molecule has 6 nitrogen and oxygen atoms in total. The molecule has 0 aromatic heterocycles. The van der Waals surface area contributed by atoms with Crippen molar-refractivity contribution in [1.82, 2.24) is 4.31 Å². The second-order valence-electron chi connectivity index (χ2n) is 8.04. The van der Waals surface area contributed by atoms with Crippen LogP contribution in [0.5, 0.6) is 0 Å². The van der Waals surface area contributed by atoms with Crippen LogP contribution in [-0.2, 0) is 37.3 Å². The van der Waals surface area contributed by atoms with E-state index in [2.05, 4.69) is 0 Å². The Kier molecular flexibility index (Phi) is 6.22. The largest absolute Gasteiger partial charge is 0.297 e. The van der Waals surface area contributed by atoms with E-state index in [9.17, 15) is 16.8 Å². The molecule has 0 saturated heterocycles. The van der Waals surface area contributed by atoms with Crippen molar-refractivity contribution in [3.63, 3.8) is 0 Å². The highest BCUT2D eigenvalue weighted by molar-refractivity contribution is 7.89. The van der Waals surface area contributed by atoms with Crippen molar-refractivity contribution in [2.24, 2.45) is 0 Å². The molecule has 1 atom stereocenters. The average Bonchev–Trinajstić information content (AvgIpc) is 2.77. The van der Waals surface area contributed by atoms with Crippen molar-refractivity contribution >= 4 is 20.1 Å². The summed E-state index contributed by atoms with van der Waals surface area (Å²) in [5.74, 6) is 0. The first kappa shape index (κ1) is 22.7. The minimum Gasteiger partial charge on any atom is -0.265 e. The Morgan fingerprint density at radius 2 is 1.31 bits per heavy atom. The first-order valence-corrected chi connectivity index (χ1v) is 13.1. The minimum atomic E-state index is -4.01. The zero-order chi connectivity index (χ0) is 22.9. The van der Waals surface area contributed by atoms with Crippen molar-refractivity contribution in [2.45, 2.75) is 42.6 Å². The van der Waals surface area contributed by atoms with Crippen molar-refractivity contribution in [3.8, 4) is 0 Å². The van der Waals surface area contributed by atoms with Crippen LogP contribution in [0.4, 0.5) is 0 Å². The standard InChI is InChI=1S/C24H25NO5S2/c1-18-7-11-23(12-8-18)31(26,27)25-16-21-6-4-3-5-20(21)15-22(25)17-30-32(28,29)24-13-9-19(2)10-14-24/h3-14,22H,15-17H2,1-2H3/t22-/m0/s1. The maximum absolute atomic E-state index is 13.5. The Hall–Kier alpha value is -2.52. The molecule has 32 heavy (non-hydrogen) atoms. The van der Waals surface area contributed by atoms with Crippen LogP contribution in [0.1, 0.15) is 22.3 Å². The summed E-state index contributed by atoms with van der Waals surface area (Å²) in [6, 6.07) is 20.0. The Bertz CT molecular complexity index is 1320. The summed E-state index contributed by atoms with van der Waals surface area (Å²) in [7, 11) is -7.86. The lowest BCUT2D eigenvalue weighted by Crippen LogP contribution is -2.46. The van der Waals surface area contributed by atoms with Crippen LogP contribution in [0.3, 0.4) is 0 Å². The number of benzene rings is 3. The van der Waals surface area contributed by atoms with Gasteiger partial charge in [-0.25, -0.2) is 8.42 Å². The van der Waals surface area contributed by atoms with Crippen LogP contribution in [-0.4, -0.2) is 33.8 Å². The monoisotopic (exact) mass is 471 g/mol. The van der Waals surface area contributed by atoms with E-state index >= 15 is 0 Å². The maximum atomic E-state index is 13.5. The van der Waals surface area contributed by atoms with E-state index in [4.69, 9.17) is 4.18 Å². The van der Waals surface area contributed by atoms with Gasteiger partial charge in [-0.15, -0.1) is 0 Å². The van der Waals surface area contributed by atoms with E-state index < -0.39 is 26.2 Å². The van der Waals surface area contributed by atoms with E-state index in [-0.39, 0.29) is 22.9 Å². The summed E-state index contributed by atoms with van der Waals surface area (Å²) in [5.41, 5.74) is 3.78. The van der Waals surface area contributed by atoms with Crippen molar-refractivity contribution < 1.29 is 21.0 Å². The fourth-order valence-electron chi connectivity index (χ4n) is 3.77. The first-order valence-electron chi connectivity index (χ1n) is 10.3. The van der Waals surface area contributed by atoms with E-state index in [1.165, 1.54) is 16.4 Å². The van der Waals surface area contributed by atoms with Gasteiger partial charge in [0.1, 0.15) is 0 Å². The van der Waals surface area contributed by atoms with Gasteiger partial charge < -0.3 is 0 Å². The summed E-state index contributed by atoms with van der Waals surface area (Å²) in [6.45, 7) is 3.64. The molecule has 0 radical (unpaired) electrons. The molecule has 0 aliphatic carbocycles. The predicted molar refractivity (Wildman–Crippen MR) is 122 cm³/mol. The van der Waals surface area contributed by atoms with Crippen LogP contribution in [0.15, 0.2) is 82.6 Å². The molecule has 1 aliphatic heterocycles. The molecular formula is C24H25NO5S2. The number of fused-ring (bicyclic) bond motifs is 1. The highest BCUT2D eigenvalue weighted by atomic mass is 32.2. The summed E-state index contributed by atoms with van der Waals surface area (Å²) < 4.78 is 59.1. The van der Waals surface area contributed by atoms with Gasteiger partial charge in [-0.05, 0) is 55.7 Å². The number of aryl methyl sites for hydroxylation is 2. The second kappa shape index (κ2) is 8.78. The minimum absolute atomic E-state index is 0.0484. The van der Waals surface area contributed by atoms with Crippen molar-refractivity contribution in [3.05, 3.63) is 95.1 Å². The van der Waals surface area contributed by atoms with Crippen molar-refractivity contribution in [2.75, 3.05) is 6.61 Å². The molecule has 3 aromatic rings. The van der Waals surface area contributed by atoms with Gasteiger partial charge in [-0.1, -0.05) is 59.7 Å². The van der Waals surface area contributed by atoms with Gasteiger partial charge in [-0.3, -0.25) is 4.18 Å². The van der Waals surface area contributed by atoms with Crippen LogP contribution in [0, 0.1) is 13.8 Å². The van der Waals surface area contributed by atoms with Gasteiger partial charge in [-0.2, -0.15) is 12.7 Å². The number of rotatable bonds is 6. The molecule has 168 valence electrons. The Labute approximate surface area is 189 Å². The lowest BCUT2D eigenvalue weighted by atomic mass is 9.96. The van der Waals surface area contributed by atoms with E-state index in [1.54, 1.807) is 36.4 Å². The van der Waals surface area contributed by atoms with Crippen LogP contribution < -0.4 is 0 Å². The van der Waals surface area contributed by atoms with Gasteiger partial charge in [0, 0.05) is 6.54 Å². The molecule has 1 aliphatic rings. The third kappa shape index (κ3) is 4.63.